The molecule has 1 N–H and O–H groups in total. The molecule has 1 aromatic heterocycles. The summed E-state index contributed by atoms with van der Waals surface area (Å²) in [5.74, 6) is 0.934. The van der Waals surface area contributed by atoms with Gasteiger partial charge < -0.3 is 14.8 Å². The van der Waals surface area contributed by atoms with E-state index in [1.807, 2.05) is 31.2 Å². The SMILES string of the molecule is CCOC(=O)Cc1cccc(Nc2nc(C)ncc2C(=S)OCC)c1. The van der Waals surface area contributed by atoms with Crippen molar-refractivity contribution in [2.45, 2.75) is 27.2 Å². The zero-order valence-corrected chi connectivity index (χ0v) is 15.4. The minimum atomic E-state index is -0.254. The fourth-order valence-corrected chi connectivity index (χ4v) is 2.47. The lowest BCUT2D eigenvalue weighted by Gasteiger charge is -2.13. The van der Waals surface area contributed by atoms with E-state index in [9.17, 15) is 4.79 Å². The van der Waals surface area contributed by atoms with E-state index in [0.717, 1.165) is 11.3 Å². The average Bonchev–Trinajstić information content (AvgIpc) is 2.55. The van der Waals surface area contributed by atoms with Crippen LogP contribution in [0.2, 0.25) is 0 Å². The molecule has 1 heterocycles. The van der Waals surface area contributed by atoms with Crippen LogP contribution in [0.1, 0.15) is 30.8 Å². The van der Waals surface area contributed by atoms with Crippen LogP contribution in [0.25, 0.3) is 0 Å². The van der Waals surface area contributed by atoms with Gasteiger partial charge in [0.2, 0.25) is 0 Å². The van der Waals surface area contributed by atoms with Gasteiger partial charge in [-0.15, -0.1) is 0 Å². The maximum Gasteiger partial charge on any atom is 0.310 e. The number of hydrogen-bond donors (Lipinski definition) is 1. The smallest absolute Gasteiger partial charge is 0.310 e. The highest BCUT2D eigenvalue weighted by Gasteiger charge is 2.12. The zero-order chi connectivity index (χ0) is 18.2. The molecule has 0 bridgehead atoms. The Balaban J connectivity index is 2.23. The third kappa shape index (κ3) is 5.49. The summed E-state index contributed by atoms with van der Waals surface area (Å²) in [6.45, 7) is 6.30. The molecule has 0 unspecified atom stereocenters. The second-order valence-electron chi connectivity index (χ2n) is 5.21. The molecular formula is C18H21N3O3S. The highest BCUT2D eigenvalue weighted by Crippen LogP contribution is 2.21. The number of hydrogen-bond acceptors (Lipinski definition) is 7. The fraction of sp³-hybridized carbons (Fsp3) is 0.333. The molecule has 132 valence electrons. The van der Waals surface area contributed by atoms with Crippen molar-refractivity contribution < 1.29 is 14.3 Å². The number of ether oxygens (including phenoxy) is 2. The van der Waals surface area contributed by atoms with Crippen molar-refractivity contribution in [3.8, 4) is 0 Å². The van der Waals surface area contributed by atoms with Crippen LogP contribution in [-0.4, -0.2) is 34.2 Å². The molecule has 0 aliphatic heterocycles. The van der Waals surface area contributed by atoms with Crippen LogP contribution >= 0.6 is 12.2 Å². The monoisotopic (exact) mass is 359 g/mol. The number of anilines is 2. The first kappa shape index (κ1) is 18.8. The third-order valence-electron chi connectivity index (χ3n) is 3.25. The van der Waals surface area contributed by atoms with E-state index in [1.165, 1.54) is 0 Å². The molecule has 0 radical (unpaired) electrons. The van der Waals surface area contributed by atoms with Gasteiger partial charge in [-0.2, -0.15) is 0 Å². The van der Waals surface area contributed by atoms with Crippen molar-refractivity contribution in [2.24, 2.45) is 0 Å². The molecule has 0 atom stereocenters. The zero-order valence-electron chi connectivity index (χ0n) is 14.5. The van der Waals surface area contributed by atoms with Gasteiger partial charge in [-0.3, -0.25) is 4.79 Å². The Morgan fingerprint density at radius 1 is 1.24 bits per heavy atom. The molecule has 1 aromatic carbocycles. The third-order valence-corrected chi connectivity index (χ3v) is 3.59. The molecule has 0 saturated heterocycles. The van der Waals surface area contributed by atoms with Gasteiger partial charge in [0.05, 0.1) is 25.2 Å². The van der Waals surface area contributed by atoms with Crippen molar-refractivity contribution in [2.75, 3.05) is 18.5 Å². The summed E-state index contributed by atoms with van der Waals surface area (Å²) in [6.07, 6.45) is 1.86. The second kappa shape index (κ2) is 9.08. The Kier molecular flexibility index (Phi) is 6.82. The van der Waals surface area contributed by atoms with E-state index in [2.05, 4.69) is 15.3 Å². The molecule has 2 aromatic rings. The summed E-state index contributed by atoms with van der Waals surface area (Å²) in [7, 11) is 0. The van der Waals surface area contributed by atoms with E-state index in [4.69, 9.17) is 21.7 Å². The van der Waals surface area contributed by atoms with Crippen LogP contribution in [-0.2, 0) is 20.7 Å². The molecular weight excluding hydrogens is 338 g/mol. The summed E-state index contributed by atoms with van der Waals surface area (Å²) < 4.78 is 10.4. The van der Waals surface area contributed by atoms with Gasteiger partial charge in [-0.25, -0.2) is 9.97 Å². The minimum Gasteiger partial charge on any atom is -0.483 e. The summed E-state index contributed by atoms with van der Waals surface area (Å²) in [4.78, 5) is 20.2. The first-order valence-corrected chi connectivity index (χ1v) is 8.46. The van der Waals surface area contributed by atoms with Gasteiger partial charge in [-0.1, -0.05) is 12.1 Å². The number of nitrogens with one attached hydrogen (secondary N) is 1. The summed E-state index contributed by atoms with van der Waals surface area (Å²) in [5, 5.41) is 3.57. The van der Waals surface area contributed by atoms with Gasteiger partial charge in [0.25, 0.3) is 0 Å². The molecule has 0 aliphatic carbocycles. The van der Waals surface area contributed by atoms with Crippen LogP contribution in [0.4, 0.5) is 11.5 Å². The Morgan fingerprint density at radius 3 is 2.72 bits per heavy atom. The number of carbonyl (C=O) groups excluding carboxylic acids is 1. The summed E-state index contributed by atoms with van der Waals surface area (Å²) in [6, 6.07) is 7.51. The van der Waals surface area contributed by atoms with Gasteiger partial charge in [0.15, 0.2) is 5.05 Å². The van der Waals surface area contributed by atoms with Crippen molar-refractivity contribution in [1.29, 1.82) is 0 Å². The number of thiocarbonyl (C=S) groups is 1. The molecule has 0 amide bonds. The van der Waals surface area contributed by atoms with Gasteiger partial charge in [0.1, 0.15) is 11.6 Å². The first-order valence-electron chi connectivity index (χ1n) is 8.05. The molecule has 6 nitrogen and oxygen atoms in total. The van der Waals surface area contributed by atoms with Crippen molar-refractivity contribution in [3.63, 3.8) is 0 Å². The Hall–Kier alpha value is -2.54. The number of aromatic nitrogens is 2. The lowest BCUT2D eigenvalue weighted by Crippen LogP contribution is -2.10. The number of rotatable bonds is 7. The number of benzene rings is 1. The van der Waals surface area contributed by atoms with Crippen molar-refractivity contribution in [1.82, 2.24) is 9.97 Å². The normalized spacial score (nSPS) is 10.2. The minimum absolute atomic E-state index is 0.219. The van der Waals surface area contributed by atoms with E-state index >= 15 is 0 Å². The van der Waals surface area contributed by atoms with E-state index < -0.39 is 0 Å². The molecule has 0 spiro atoms. The van der Waals surface area contributed by atoms with Crippen LogP contribution in [0.15, 0.2) is 30.5 Å². The highest BCUT2D eigenvalue weighted by atomic mass is 32.1. The summed E-state index contributed by atoms with van der Waals surface area (Å²) >= 11 is 5.28. The van der Waals surface area contributed by atoms with Crippen molar-refractivity contribution in [3.05, 3.63) is 47.4 Å². The molecule has 7 heteroatoms. The maximum atomic E-state index is 11.6. The number of carbonyl (C=O) groups is 1. The Morgan fingerprint density at radius 2 is 2.00 bits per heavy atom. The largest absolute Gasteiger partial charge is 0.483 e. The fourth-order valence-electron chi connectivity index (χ4n) is 2.20. The second-order valence-corrected chi connectivity index (χ2v) is 5.58. The molecule has 2 rings (SSSR count). The number of aryl methyl sites for hydroxylation is 1. The van der Waals surface area contributed by atoms with Crippen LogP contribution in [0.3, 0.4) is 0 Å². The predicted octanol–water partition coefficient (Wildman–Crippen LogP) is 3.35. The number of esters is 1. The topological polar surface area (TPSA) is 73.3 Å². The van der Waals surface area contributed by atoms with E-state index in [0.29, 0.717) is 35.5 Å². The predicted molar refractivity (Wildman–Crippen MR) is 100 cm³/mol. The van der Waals surface area contributed by atoms with Gasteiger partial charge in [-0.05, 0) is 50.7 Å². The average molecular weight is 359 g/mol. The molecule has 0 aliphatic rings. The maximum absolute atomic E-state index is 11.6. The molecule has 0 fully saturated rings. The van der Waals surface area contributed by atoms with E-state index in [1.54, 1.807) is 20.0 Å². The van der Waals surface area contributed by atoms with Crippen LogP contribution in [0.5, 0.6) is 0 Å². The van der Waals surface area contributed by atoms with Crippen LogP contribution in [0, 0.1) is 6.92 Å². The first-order chi connectivity index (χ1) is 12.0. The lowest BCUT2D eigenvalue weighted by atomic mass is 10.1. The summed E-state index contributed by atoms with van der Waals surface area (Å²) in [5.41, 5.74) is 2.27. The Labute approximate surface area is 152 Å². The van der Waals surface area contributed by atoms with E-state index in [-0.39, 0.29) is 12.4 Å². The number of nitrogens with zero attached hydrogens (tertiary/aromatic N) is 2. The van der Waals surface area contributed by atoms with Gasteiger partial charge >= 0.3 is 5.97 Å². The van der Waals surface area contributed by atoms with Gasteiger partial charge in [0, 0.05) is 11.9 Å². The standard InChI is InChI=1S/C18H21N3O3S/c1-4-23-16(22)10-13-7-6-8-14(9-13)21-17-15(18(25)24-5-2)11-19-12(3)20-17/h6-9,11H,4-5,10H2,1-3H3,(H,19,20,21). The highest BCUT2D eigenvalue weighted by molar-refractivity contribution is 7.80. The molecule has 25 heavy (non-hydrogen) atoms. The quantitative estimate of drug-likeness (QED) is 0.600. The van der Waals surface area contributed by atoms with Crippen molar-refractivity contribution >= 4 is 34.7 Å². The van der Waals surface area contributed by atoms with Crippen LogP contribution < -0.4 is 5.32 Å². The lowest BCUT2D eigenvalue weighted by molar-refractivity contribution is -0.142. The molecule has 0 saturated carbocycles. The Bertz CT molecular complexity index is 765.